The van der Waals surface area contributed by atoms with Crippen LogP contribution in [0.3, 0.4) is 0 Å². The summed E-state index contributed by atoms with van der Waals surface area (Å²) in [5, 5.41) is 11.2. The molecule has 0 radical (unpaired) electrons. The zero-order chi connectivity index (χ0) is 17.1. The first-order valence-corrected chi connectivity index (χ1v) is 7.47. The molecular weight excluding hydrogens is 306 g/mol. The van der Waals surface area contributed by atoms with Gasteiger partial charge in [-0.05, 0) is 42.8 Å². The lowest BCUT2D eigenvalue weighted by molar-refractivity contribution is 0.354. The van der Waals surface area contributed by atoms with Crippen LogP contribution in [0.15, 0.2) is 36.4 Å². The average Bonchev–Trinajstić information content (AvgIpc) is 3.10. The van der Waals surface area contributed by atoms with Crippen LogP contribution in [-0.2, 0) is 0 Å². The van der Waals surface area contributed by atoms with Crippen LogP contribution in [-0.4, -0.2) is 36.7 Å². The van der Waals surface area contributed by atoms with Gasteiger partial charge >= 0.3 is 0 Å². The van der Waals surface area contributed by atoms with Crippen molar-refractivity contribution >= 4 is 0 Å². The van der Waals surface area contributed by atoms with Crippen molar-refractivity contribution in [2.45, 2.75) is 6.92 Å². The zero-order valence-corrected chi connectivity index (χ0v) is 14.1. The Morgan fingerprint density at radius 3 is 2.17 bits per heavy atom. The molecule has 0 amide bonds. The lowest BCUT2D eigenvalue weighted by Crippen LogP contribution is -1.96. The summed E-state index contributed by atoms with van der Waals surface area (Å²) >= 11 is 0. The topological polar surface area (TPSA) is 69.3 Å². The normalized spacial score (nSPS) is 10.5. The van der Waals surface area contributed by atoms with Crippen LogP contribution < -0.4 is 14.2 Å². The van der Waals surface area contributed by atoms with E-state index >= 15 is 0 Å². The predicted octanol–water partition coefficient (Wildman–Crippen LogP) is 3.47. The Morgan fingerprint density at radius 1 is 0.833 bits per heavy atom. The van der Waals surface area contributed by atoms with E-state index in [0.717, 1.165) is 28.1 Å². The van der Waals surface area contributed by atoms with Crippen LogP contribution in [0.25, 0.3) is 22.5 Å². The third kappa shape index (κ3) is 2.67. The molecular formula is C18H19N3O3. The largest absolute Gasteiger partial charge is 0.497 e. The minimum Gasteiger partial charge on any atom is -0.497 e. The molecule has 0 unspecified atom stereocenters. The Labute approximate surface area is 140 Å². The van der Waals surface area contributed by atoms with Gasteiger partial charge in [-0.15, -0.1) is 5.10 Å². The van der Waals surface area contributed by atoms with E-state index in [4.69, 9.17) is 14.2 Å². The van der Waals surface area contributed by atoms with Crippen molar-refractivity contribution in [1.82, 2.24) is 15.4 Å². The Kier molecular flexibility index (Phi) is 4.37. The number of nitrogens with zero attached hydrogens (tertiary/aromatic N) is 2. The van der Waals surface area contributed by atoms with Gasteiger partial charge in [-0.25, -0.2) is 0 Å². The molecule has 0 saturated heterocycles. The van der Waals surface area contributed by atoms with Gasteiger partial charge in [-0.2, -0.15) is 0 Å². The van der Waals surface area contributed by atoms with E-state index in [1.165, 1.54) is 0 Å². The Bertz CT molecular complexity index is 841. The summed E-state index contributed by atoms with van der Waals surface area (Å²) in [6, 6.07) is 11.6. The maximum Gasteiger partial charge on any atom is 0.170 e. The fourth-order valence-corrected chi connectivity index (χ4v) is 2.68. The number of aryl methyl sites for hydroxylation is 1. The standard InChI is InChI=1S/C18H19N3O3/c1-11-5-10-14(18(24-4)17(11)23-3)16-15(19-21-20-16)12-6-8-13(22-2)9-7-12/h5-10H,1-4H3,(H,19,20,21). The first-order valence-electron chi connectivity index (χ1n) is 7.47. The number of nitrogens with one attached hydrogen (secondary N) is 1. The molecule has 124 valence electrons. The van der Waals surface area contributed by atoms with E-state index in [1.54, 1.807) is 21.3 Å². The first-order chi connectivity index (χ1) is 11.7. The molecule has 0 spiro atoms. The Hall–Kier alpha value is -3.02. The predicted molar refractivity (Wildman–Crippen MR) is 91.6 cm³/mol. The summed E-state index contributed by atoms with van der Waals surface area (Å²) < 4.78 is 16.3. The van der Waals surface area contributed by atoms with Crippen LogP contribution in [0.4, 0.5) is 0 Å². The SMILES string of the molecule is COc1ccc(-c2[nH]nnc2-c2ccc(C)c(OC)c2OC)cc1. The molecule has 0 aliphatic carbocycles. The molecule has 0 atom stereocenters. The molecule has 0 bridgehead atoms. The number of rotatable bonds is 5. The summed E-state index contributed by atoms with van der Waals surface area (Å²) in [6.45, 7) is 1.97. The monoisotopic (exact) mass is 325 g/mol. The second-order valence-corrected chi connectivity index (χ2v) is 5.26. The number of methoxy groups -OCH3 is 3. The molecule has 3 rings (SSSR count). The Morgan fingerprint density at radius 2 is 1.54 bits per heavy atom. The van der Waals surface area contributed by atoms with Crippen LogP contribution >= 0.6 is 0 Å². The van der Waals surface area contributed by atoms with Gasteiger partial charge in [-0.1, -0.05) is 11.3 Å². The molecule has 0 saturated carbocycles. The molecule has 0 aliphatic heterocycles. The number of ether oxygens (including phenoxy) is 3. The van der Waals surface area contributed by atoms with Gasteiger partial charge in [0, 0.05) is 5.56 Å². The molecule has 1 heterocycles. The number of hydrogen-bond donors (Lipinski definition) is 1. The lowest BCUT2D eigenvalue weighted by atomic mass is 10.0. The fourth-order valence-electron chi connectivity index (χ4n) is 2.68. The van der Waals surface area contributed by atoms with E-state index in [9.17, 15) is 0 Å². The number of H-pyrrole nitrogens is 1. The van der Waals surface area contributed by atoms with Crippen molar-refractivity contribution < 1.29 is 14.2 Å². The van der Waals surface area contributed by atoms with Crippen LogP contribution in [0.5, 0.6) is 17.2 Å². The molecule has 6 heteroatoms. The van der Waals surface area contributed by atoms with E-state index in [-0.39, 0.29) is 0 Å². The third-order valence-corrected chi connectivity index (χ3v) is 3.90. The van der Waals surface area contributed by atoms with Crippen molar-refractivity contribution in [1.29, 1.82) is 0 Å². The quantitative estimate of drug-likeness (QED) is 0.778. The van der Waals surface area contributed by atoms with Crippen molar-refractivity contribution in [3.63, 3.8) is 0 Å². The van der Waals surface area contributed by atoms with Crippen molar-refractivity contribution in [2.75, 3.05) is 21.3 Å². The van der Waals surface area contributed by atoms with Gasteiger partial charge in [0.15, 0.2) is 11.5 Å². The maximum absolute atomic E-state index is 5.57. The summed E-state index contributed by atoms with van der Waals surface area (Å²) in [5.74, 6) is 2.13. The highest BCUT2D eigenvalue weighted by molar-refractivity contribution is 5.83. The molecule has 1 N–H and O–H groups in total. The van der Waals surface area contributed by atoms with Crippen molar-refractivity contribution in [3.05, 3.63) is 42.0 Å². The fraction of sp³-hybridized carbons (Fsp3) is 0.222. The van der Waals surface area contributed by atoms with Gasteiger partial charge in [0.05, 0.1) is 32.6 Å². The Balaban J connectivity index is 2.14. The van der Waals surface area contributed by atoms with E-state index in [2.05, 4.69) is 15.4 Å². The second-order valence-electron chi connectivity index (χ2n) is 5.26. The number of aromatic amines is 1. The number of aromatic nitrogens is 3. The smallest absolute Gasteiger partial charge is 0.170 e. The van der Waals surface area contributed by atoms with Crippen LogP contribution in [0, 0.1) is 6.92 Å². The van der Waals surface area contributed by atoms with Gasteiger partial charge in [0.25, 0.3) is 0 Å². The van der Waals surface area contributed by atoms with Gasteiger partial charge < -0.3 is 14.2 Å². The van der Waals surface area contributed by atoms with Crippen molar-refractivity contribution in [2.24, 2.45) is 0 Å². The van der Waals surface area contributed by atoms with E-state index < -0.39 is 0 Å². The maximum atomic E-state index is 5.57. The highest BCUT2D eigenvalue weighted by atomic mass is 16.5. The molecule has 6 nitrogen and oxygen atoms in total. The molecule has 3 aromatic rings. The first kappa shape index (κ1) is 15.9. The summed E-state index contributed by atoms with van der Waals surface area (Å²) in [4.78, 5) is 0. The zero-order valence-electron chi connectivity index (χ0n) is 14.1. The molecule has 0 aliphatic rings. The highest BCUT2D eigenvalue weighted by Gasteiger charge is 2.20. The average molecular weight is 325 g/mol. The molecule has 24 heavy (non-hydrogen) atoms. The second kappa shape index (κ2) is 6.62. The molecule has 1 aromatic heterocycles. The van der Waals surface area contributed by atoms with Crippen LogP contribution in [0.1, 0.15) is 5.56 Å². The highest BCUT2D eigenvalue weighted by Crippen LogP contribution is 2.42. The van der Waals surface area contributed by atoms with Crippen LogP contribution in [0.2, 0.25) is 0 Å². The molecule has 2 aromatic carbocycles. The molecule has 0 fully saturated rings. The van der Waals surface area contributed by atoms with Crippen molar-refractivity contribution in [3.8, 4) is 39.8 Å². The summed E-state index contributed by atoms with van der Waals surface area (Å²) in [7, 11) is 4.89. The number of benzene rings is 2. The van der Waals surface area contributed by atoms with E-state index in [1.807, 2.05) is 43.3 Å². The summed E-state index contributed by atoms with van der Waals surface area (Å²) in [5.41, 5.74) is 4.28. The van der Waals surface area contributed by atoms with Gasteiger partial charge in [0.1, 0.15) is 11.4 Å². The summed E-state index contributed by atoms with van der Waals surface area (Å²) in [6.07, 6.45) is 0. The minimum absolute atomic E-state index is 0.640. The lowest BCUT2D eigenvalue weighted by Gasteiger charge is -2.14. The third-order valence-electron chi connectivity index (χ3n) is 3.90. The van der Waals surface area contributed by atoms with Gasteiger partial charge in [-0.3, -0.25) is 5.10 Å². The number of hydrogen-bond acceptors (Lipinski definition) is 5. The minimum atomic E-state index is 0.640. The van der Waals surface area contributed by atoms with E-state index in [0.29, 0.717) is 17.2 Å². The van der Waals surface area contributed by atoms with Gasteiger partial charge in [0.2, 0.25) is 0 Å².